The van der Waals surface area contributed by atoms with E-state index in [4.69, 9.17) is 0 Å². The molecule has 0 aliphatic heterocycles. The van der Waals surface area contributed by atoms with Gasteiger partial charge in [0.1, 0.15) is 11.5 Å². The Morgan fingerprint density at radius 2 is 1.74 bits per heavy atom. The number of aromatic nitrogens is 3. The van der Waals surface area contributed by atoms with E-state index in [2.05, 4.69) is 10.3 Å². The number of nitrogens with zero attached hydrogens (tertiary/aromatic N) is 3. The van der Waals surface area contributed by atoms with Crippen molar-refractivity contribution in [3.05, 3.63) is 82.9 Å². The van der Waals surface area contributed by atoms with Gasteiger partial charge in [0.2, 0.25) is 0 Å². The van der Waals surface area contributed by atoms with Gasteiger partial charge in [-0.25, -0.2) is 9.07 Å². The van der Waals surface area contributed by atoms with Gasteiger partial charge in [-0.15, -0.1) is 5.10 Å². The predicted molar refractivity (Wildman–Crippen MR) is 86.8 cm³/mol. The van der Waals surface area contributed by atoms with E-state index in [1.54, 1.807) is 16.8 Å². The SMILES string of the molecule is OCc1nnn(Cc2ccc(F)cc2)c1/C=C/c1ccccc1. The zero-order valence-electron chi connectivity index (χ0n) is 12.4. The number of hydrogen-bond donors (Lipinski definition) is 1. The summed E-state index contributed by atoms with van der Waals surface area (Å²) >= 11 is 0. The van der Waals surface area contributed by atoms with Gasteiger partial charge < -0.3 is 5.11 Å². The van der Waals surface area contributed by atoms with Crippen molar-refractivity contribution in [1.29, 1.82) is 0 Å². The summed E-state index contributed by atoms with van der Waals surface area (Å²) in [7, 11) is 0. The van der Waals surface area contributed by atoms with E-state index >= 15 is 0 Å². The van der Waals surface area contributed by atoms with Crippen LogP contribution in [0.5, 0.6) is 0 Å². The first-order valence-corrected chi connectivity index (χ1v) is 7.27. The molecule has 1 N–H and O–H groups in total. The molecule has 0 saturated carbocycles. The Labute approximate surface area is 133 Å². The molecule has 1 aromatic heterocycles. The van der Waals surface area contributed by atoms with Crippen LogP contribution in [0.3, 0.4) is 0 Å². The fourth-order valence-corrected chi connectivity index (χ4v) is 2.27. The summed E-state index contributed by atoms with van der Waals surface area (Å²) in [6, 6.07) is 16.1. The van der Waals surface area contributed by atoms with Gasteiger partial charge in [0, 0.05) is 0 Å². The summed E-state index contributed by atoms with van der Waals surface area (Å²) in [5, 5.41) is 17.5. The summed E-state index contributed by atoms with van der Waals surface area (Å²) < 4.78 is 14.7. The highest BCUT2D eigenvalue weighted by Gasteiger charge is 2.10. The van der Waals surface area contributed by atoms with Crippen LogP contribution >= 0.6 is 0 Å². The number of aliphatic hydroxyl groups is 1. The fraction of sp³-hybridized carbons (Fsp3) is 0.111. The Balaban J connectivity index is 1.88. The second-order valence-electron chi connectivity index (χ2n) is 5.11. The van der Waals surface area contributed by atoms with Crippen LogP contribution in [0.2, 0.25) is 0 Å². The highest BCUT2D eigenvalue weighted by atomic mass is 19.1. The number of rotatable bonds is 5. The van der Waals surface area contributed by atoms with Crippen LogP contribution in [0.25, 0.3) is 12.2 Å². The molecule has 0 radical (unpaired) electrons. The lowest BCUT2D eigenvalue weighted by Gasteiger charge is -2.05. The van der Waals surface area contributed by atoms with Crippen LogP contribution in [0.1, 0.15) is 22.5 Å². The lowest BCUT2D eigenvalue weighted by atomic mass is 10.2. The standard InChI is InChI=1S/C18H16FN3O/c19-16-9-6-15(7-10-16)12-22-18(17(13-23)20-21-22)11-8-14-4-2-1-3-5-14/h1-11,23H,12-13H2/b11-8+. The van der Waals surface area contributed by atoms with Gasteiger partial charge in [-0.1, -0.05) is 53.8 Å². The largest absolute Gasteiger partial charge is 0.390 e. The van der Waals surface area contributed by atoms with Gasteiger partial charge in [0.15, 0.2) is 0 Å². The topological polar surface area (TPSA) is 50.9 Å². The van der Waals surface area contributed by atoms with E-state index in [0.717, 1.165) is 16.8 Å². The fourth-order valence-electron chi connectivity index (χ4n) is 2.27. The Morgan fingerprint density at radius 1 is 1.00 bits per heavy atom. The van der Waals surface area contributed by atoms with Gasteiger partial charge in [0.25, 0.3) is 0 Å². The average molecular weight is 309 g/mol. The average Bonchev–Trinajstić information content (AvgIpc) is 2.98. The molecule has 3 aromatic rings. The van der Waals surface area contributed by atoms with Crippen molar-refractivity contribution in [2.75, 3.05) is 0 Å². The van der Waals surface area contributed by atoms with E-state index in [1.165, 1.54) is 12.1 Å². The minimum Gasteiger partial charge on any atom is -0.390 e. The summed E-state index contributed by atoms with van der Waals surface area (Å²) in [6.07, 6.45) is 3.82. The van der Waals surface area contributed by atoms with Gasteiger partial charge in [0.05, 0.1) is 18.8 Å². The zero-order chi connectivity index (χ0) is 16.1. The molecule has 0 amide bonds. The monoisotopic (exact) mass is 309 g/mol. The molecule has 0 aliphatic rings. The van der Waals surface area contributed by atoms with Gasteiger partial charge >= 0.3 is 0 Å². The van der Waals surface area contributed by atoms with E-state index in [0.29, 0.717) is 12.2 Å². The lowest BCUT2D eigenvalue weighted by molar-refractivity contribution is 0.276. The number of hydrogen-bond acceptors (Lipinski definition) is 3. The molecule has 0 bridgehead atoms. The van der Waals surface area contributed by atoms with E-state index in [-0.39, 0.29) is 12.4 Å². The summed E-state index contributed by atoms with van der Waals surface area (Å²) in [6.45, 7) is 0.277. The minimum absolute atomic E-state index is 0.183. The van der Waals surface area contributed by atoms with Crippen molar-refractivity contribution in [3.8, 4) is 0 Å². The second-order valence-corrected chi connectivity index (χ2v) is 5.11. The van der Waals surface area contributed by atoms with Crippen LogP contribution in [0, 0.1) is 5.82 Å². The van der Waals surface area contributed by atoms with E-state index in [1.807, 2.05) is 42.5 Å². The summed E-state index contributed by atoms with van der Waals surface area (Å²) in [5.41, 5.74) is 3.21. The first-order chi connectivity index (χ1) is 11.3. The van der Waals surface area contributed by atoms with Crippen molar-refractivity contribution < 1.29 is 9.50 Å². The van der Waals surface area contributed by atoms with Crippen molar-refractivity contribution >= 4 is 12.2 Å². The smallest absolute Gasteiger partial charge is 0.123 e. The Morgan fingerprint density at radius 3 is 2.43 bits per heavy atom. The second kappa shape index (κ2) is 6.98. The summed E-state index contributed by atoms with van der Waals surface area (Å²) in [5.74, 6) is -0.271. The van der Waals surface area contributed by atoms with E-state index < -0.39 is 0 Å². The lowest BCUT2D eigenvalue weighted by Crippen LogP contribution is -2.04. The molecule has 5 heteroatoms. The third kappa shape index (κ3) is 3.70. The molecule has 3 rings (SSSR count). The first-order valence-electron chi connectivity index (χ1n) is 7.27. The van der Waals surface area contributed by atoms with Crippen LogP contribution in [0.4, 0.5) is 4.39 Å². The molecule has 0 unspecified atom stereocenters. The van der Waals surface area contributed by atoms with Crippen LogP contribution in [-0.2, 0) is 13.2 Å². The van der Waals surface area contributed by atoms with Crippen molar-refractivity contribution in [2.45, 2.75) is 13.2 Å². The number of halogens is 1. The third-order valence-corrected chi connectivity index (χ3v) is 3.48. The molecule has 0 saturated heterocycles. The van der Waals surface area contributed by atoms with Crippen LogP contribution < -0.4 is 0 Å². The molecule has 1 heterocycles. The molecule has 23 heavy (non-hydrogen) atoms. The Kier molecular flexibility index (Phi) is 4.59. The van der Waals surface area contributed by atoms with Crippen molar-refractivity contribution in [3.63, 3.8) is 0 Å². The zero-order valence-corrected chi connectivity index (χ0v) is 12.4. The van der Waals surface area contributed by atoms with Gasteiger partial charge in [-0.3, -0.25) is 0 Å². The predicted octanol–water partition coefficient (Wildman–Crippen LogP) is 3.13. The third-order valence-electron chi connectivity index (χ3n) is 3.48. The molecular weight excluding hydrogens is 293 g/mol. The van der Waals surface area contributed by atoms with Crippen molar-refractivity contribution in [2.24, 2.45) is 0 Å². The van der Waals surface area contributed by atoms with Gasteiger partial charge in [-0.2, -0.15) is 0 Å². The minimum atomic E-state index is -0.271. The highest BCUT2D eigenvalue weighted by molar-refractivity contribution is 5.68. The maximum absolute atomic E-state index is 13.0. The number of benzene rings is 2. The Hall–Kier alpha value is -2.79. The molecule has 2 aromatic carbocycles. The highest BCUT2D eigenvalue weighted by Crippen LogP contribution is 2.14. The molecule has 0 spiro atoms. The Bertz CT molecular complexity index is 795. The molecule has 4 nitrogen and oxygen atoms in total. The van der Waals surface area contributed by atoms with Crippen LogP contribution in [0.15, 0.2) is 54.6 Å². The van der Waals surface area contributed by atoms with Crippen LogP contribution in [-0.4, -0.2) is 20.1 Å². The maximum atomic E-state index is 13.0. The van der Waals surface area contributed by atoms with Gasteiger partial charge in [-0.05, 0) is 29.3 Å². The first kappa shape index (κ1) is 15.1. The molecular formula is C18H16FN3O. The normalized spacial score (nSPS) is 11.2. The van der Waals surface area contributed by atoms with E-state index in [9.17, 15) is 9.50 Å². The molecule has 0 fully saturated rings. The molecule has 0 atom stereocenters. The quantitative estimate of drug-likeness (QED) is 0.788. The molecule has 0 aliphatic carbocycles. The van der Waals surface area contributed by atoms with Crippen molar-refractivity contribution in [1.82, 2.24) is 15.0 Å². The summed E-state index contributed by atoms with van der Waals surface area (Å²) in [4.78, 5) is 0. The maximum Gasteiger partial charge on any atom is 0.123 e. The number of aliphatic hydroxyl groups excluding tert-OH is 1. The molecule has 116 valence electrons.